The molecule has 1 amide bonds. The van der Waals surface area contributed by atoms with E-state index >= 15 is 0 Å². The van der Waals surface area contributed by atoms with Gasteiger partial charge in [-0.3, -0.25) is 14.5 Å². The summed E-state index contributed by atoms with van der Waals surface area (Å²) in [5.74, 6) is -0.706. The summed E-state index contributed by atoms with van der Waals surface area (Å²) in [6.45, 7) is 1.27. The quantitative estimate of drug-likeness (QED) is 0.889. The van der Waals surface area contributed by atoms with Gasteiger partial charge in [-0.25, -0.2) is 0 Å². The van der Waals surface area contributed by atoms with Crippen molar-refractivity contribution in [1.82, 2.24) is 9.80 Å². The number of fused-ring (bicyclic) bond motifs is 1. The highest BCUT2D eigenvalue weighted by molar-refractivity contribution is 5.75. The van der Waals surface area contributed by atoms with Crippen LogP contribution in [0, 0.1) is 0 Å². The second-order valence-corrected chi connectivity index (χ2v) is 5.69. The number of aliphatic carboxylic acids is 1. The minimum absolute atomic E-state index is 0.0827. The van der Waals surface area contributed by atoms with Gasteiger partial charge in [-0.2, -0.15) is 0 Å². The number of rotatable bonds is 5. The number of benzene rings is 1. The number of nitrogens with zero attached hydrogens (tertiary/aromatic N) is 2. The number of hydrogen-bond donors (Lipinski definition) is 1. The van der Waals surface area contributed by atoms with Crippen molar-refractivity contribution in [2.75, 3.05) is 20.6 Å². The summed E-state index contributed by atoms with van der Waals surface area (Å²) >= 11 is 0. The molecule has 1 aromatic carbocycles. The summed E-state index contributed by atoms with van der Waals surface area (Å²) < 4.78 is 0. The van der Waals surface area contributed by atoms with Crippen molar-refractivity contribution in [3.05, 3.63) is 35.4 Å². The fraction of sp³-hybridized carbons (Fsp3) is 0.500. The molecule has 0 aliphatic carbocycles. The zero-order valence-corrected chi connectivity index (χ0v) is 12.6. The Labute approximate surface area is 125 Å². The van der Waals surface area contributed by atoms with Crippen molar-refractivity contribution in [3.63, 3.8) is 0 Å². The number of amides is 1. The van der Waals surface area contributed by atoms with Crippen LogP contribution in [0.3, 0.4) is 0 Å². The van der Waals surface area contributed by atoms with Crippen LogP contribution in [0.1, 0.15) is 24.0 Å². The van der Waals surface area contributed by atoms with E-state index in [-0.39, 0.29) is 5.91 Å². The van der Waals surface area contributed by atoms with Gasteiger partial charge in [0.15, 0.2) is 0 Å². The van der Waals surface area contributed by atoms with Crippen molar-refractivity contribution in [3.8, 4) is 0 Å². The molecular formula is C16H22N2O3. The molecule has 1 aliphatic rings. The van der Waals surface area contributed by atoms with Crippen LogP contribution in [0.25, 0.3) is 0 Å². The first kappa shape index (κ1) is 15.5. The van der Waals surface area contributed by atoms with Gasteiger partial charge in [-0.1, -0.05) is 24.3 Å². The third-order valence-electron chi connectivity index (χ3n) is 3.97. The minimum Gasteiger partial charge on any atom is -0.480 e. The SMILES string of the molecule is CN(C)C(=O)CCCN1Cc2ccccc2C[C@H]1C(=O)O. The molecule has 0 fully saturated rings. The summed E-state index contributed by atoms with van der Waals surface area (Å²) in [7, 11) is 3.47. The molecule has 1 N–H and O–H groups in total. The van der Waals surface area contributed by atoms with E-state index in [2.05, 4.69) is 0 Å². The zero-order valence-electron chi connectivity index (χ0n) is 12.6. The monoisotopic (exact) mass is 290 g/mol. The molecule has 1 heterocycles. The molecule has 0 aromatic heterocycles. The van der Waals surface area contributed by atoms with Crippen LogP contribution in [-0.2, 0) is 22.6 Å². The van der Waals surface area contributed by atoms with Crippen LogP contribution in [0.4, 0.5) is 0 Å². The van der Waals surface area contributed by atoms with Crippen molar-refractivity contribution in [2.45, 2.75) is 31.8 Å². The second kappa shape index (κ2) is 6.72. The normalized spacial score (nSPS) is 18.1. The average Bonchev–Trinajstić information content (AvgIpc) is 2.46. The maximum Gasteiger partial charge on any atom is 0.321 e. The maximum atomic E-state index is 11.6. The first-order chi connectivity index (χ1) is 9.99. The highest BCUT2D eigenvalue weighted by Gasteiger charge is 2.30. The smallest absolute Gasteiger partial charge is 0.321 e. The van der Waals surface area contributed by atoms with E-state index in [9.17, 15) is 14.7 Å². The van der Waals surface area contributed by atoms with Crippen molar-refractivity contribution >= 4 is 11.9 Å². The molecule has 0 saturated carbocycles. The Hall–Kier alpha value is -1.88. The summed E-state index contributed by atoms with van der Waals surface area (Å²) in [5, 5.41) is 9.41. The standard InChI is InChI=1S/C16H22N2O3/c1-17(2)15(19)8-5-9-18-11-13-7-4-3-6-12(13)10-14(18)16(20)21/h3-4,6-7,14H,5,8-11H2,1-2H3,(H,20,21)/t14-/m0/s1. The van der Waals surface area contributed by atoms with Crippen molar-refractivity contribution in [2.24, 2.45) is 0 Å². The van der Waals surface area contributed by atoms with E-state index < -0.39 is 12.0 Å². The molecule has 0 saturated heterocycles. The van der Waals surface area contributed by atoms with Crippen LogP contribution in [0.15, 0.2) is 24.3 Å². The van der Waals surface area contributed by atoms with Crippen LogP contribution >= 0.6 is 0 Å². The molecular weight excluding hydrogens is 268 g/mol. The third kappa shape index (κ3) is 3.82. The molecule has 5 heteroatoms. The lowest BCUT2D eigenvalue weighted by molar-refractivity contribution is -0.144. The highest BCUT2D eigenvalue weighted by Crippen LogP contribution is 2.23. The molecule has 5 nitrogen and oxygen atoms in total. The van der Waals surface area contributed by atoms with Gasteiger partial charge in [0.2, 0.25) is 5.91 Å². The average molecular weight is 290 g/mol. The predicted molar refractivity (Wildman–Crippen MR) is 79.9 cm³/mol. The first-order valence-corrected chi connectivity index (χ1v) is 7.23. The molecule has 0 radical (unpaired) electrons. The van der Waals surface area contributed by atoms with Gasteiger partial charge in [0.05, 0.1) is 0 Å². The van der Waals surface area contributed by atoms with Crippen LogP contribution in [0.2, 0.25) is 0 Å². The molecule has 1 aliphatic heterocycles. The topological polar surface area (TPSA) is 60.9 Å². The molecule has 1 aromatic rings. The lowest BCUT2D eigenvalue weighted by Crippen LogP contribution is -2.46. The largest absolute Gasteiger partial charge is 0.480 e. The summed E-state index contributed by atoms with van der Waals surface area (Å²) in [6.07, 6.45) is 1.67. The second-order valence-electron chi connectivity index (χ2n) is 5.69. The Balaban J connectivity index is 2.00. The van der Waals surface area contributed by atoms with Gasteiger partial charge in [-0.15, -0.1) is 0 Å². The molecule has 1 atom stereocenters. The van der Waals surface area contributed by atoms with Gasteiger partial charge in [0, 0.05) is 27.1 Å². The molecule has 114 valence electrons. The van der Waals surface area contributed by atoms with E-state index in [1.54, 1.807) is 19.0 Å². The fourth-order valence-corrected chi connectivity index (χ4v) is 2.71. The van der Waals surface area contributed by atoms with Crippen LogP contribution in [0.5, 0.6) is 0 Å². The third-order valence-corrected chi connectivity index (χ3v) is 3.97. The fourth-order valence-electron chi connectivity index (χ4n) is 2.71. The van der Waals surface area contributed by atoms with Crippen LogP contribution < -0.4 is 0 Å². The van der Waals surface area contributed by atoms with Gasteiger partial charge in [0.1, 0.15) is 6.04 Å². The summed E-state index contributed by atoms with van der Waals surface area (Å²) in [6, 6.07) is 7.48. The van der Waals surface area contributed by atoms with Gasteiger partial charge < -0.3 is 10.0 Å². The lowest BCUT2D eigenvalue weighted by atomic mass is 9.94. The number of carboxylic acid groups (broad SMARTS) is 1. The number of carbonyl (C=O) groups excluding carboxylic acids is 1. The first-order valence-electron chi connectivity index (χ1n) is 7.23. The maximum absolute atomic E-state index is 11.6. The summed E-state index contributed by atoms with van der Waals surface area (Å²) in [5.41, 5.74) is 2.31. The Bertz CT molecular complexity index is 528. The van der Waals surface area contributed by atoms with E-state index in [0.717, 1.165) is 5.56 Å². The molecule has 21 heavy (non-hydrogen) atoms. The van der Waals surface area contributed by atoms with E-state index in [1.165, 1.54) is 5.56 Å². The van der Waals surface area contributed by atoms with Crippen molar-refractivity contribution in [1.29, 1.82) is 0 Å². The Morgan fingerprint density at radius 3 is 2.57 bits per heavy atom. The van der Waals surface area contributed by atoms with Crippen molar-refractivity contribution < 1.29 is 14.7 Å². The molecule has 2 rings (SSSR count). The Morgan fingerprint density at radius 2 is 1.95 bits per heavy atom. The number of carboxylic acids is 1. The number of carbonyl (C=O) groups is 2. The van der Waals surface area contributed by atoms with Crippen LogP contribution in [-0.4, -0.2) is 53.5 Å². The van der Waals surface area contributed by atoms with E-state index in [4.69, 9.17) is 0 Å². The van der Waals surface area contributed by atoms with E-state index in [0.29, 0.717) is 32.4 Å². The molecule has 0 bridgehead atoms. The summed E-state index contributed by atoms with van der Waals surface area (Å²) in [4.78, 5) is 26.6. The van der Waals surface area contributed by atoms with E-state index in [1.807, 2.05) is 29.2 Å². The molecule has 0 unspecified atom stereocenters. The Kier molecular flexibility index (Phi) is 4.96. The number of hydrogen-bond acceptors (Lipinski definition) is 3. The van der Waals surface area contributed by atoms with Gasteiger partial charge in [-0.05, 0) is 30.5 Å². The highest BCUT2D eigenvalue weighted by atomic mass is 16.4. The molecule has 0 spiro atoms. The zero-order chi connectivity index (χ0) is 15.4. The van der Waals surface area contributed by atoms with Gasteiger partial charge in [0.25, 0.3) is 0 Å². The lowest BCUT2D eigenvalue weighted by Gasteiger charge is -2.34. The van der Waals surface area contributed by atoms with Gasteiger partial charge >= 0.3 is 5.97 Å². The Morgan fingerprint density at radius 1 is 1.29 bits per heavy atom. The minimum atomic E-state index is -0.788. The predicted octanol–water partition coefficient (Wildman–Crippen LogP) is 1.37.